The fourth-order valence-electron chi connectivity index (χ4n) is 2.94. The molecule has 2 aliphatic heterocycles. The van der Waals surface area contributed by atoms with Gasteiger partial charge < -0.3 is 9.47 Å². The summed E-state index contributed by atoms with van der Waals surface area (Å²) in [6.07, 6.45) is 2.64. The van der Waals surface area contributed by atoms with Gasteiger partial charge in [-0.3, -0.25) is 0 Å². The Balaban J connectivity index is 0.000000511. The third-order valence-electron chi connectivity index (χ3n) is 4.29. The van der Waals surface area contributed by atoms with E-state index in [0.717, 1.165) is 22.3 Å². The normalized spacial score (nSPS) is 18.8. The molecule has 0 saturated carbocycles. The van der Waals surface area contributed by atoms with Crippen LogP contribution >= 0.6 is 0 Å². The van der Waals surface area contributed by atoms with E-state index < -0.39 is 0 Å². The van der Waals surface area contributed by atoms with Gasteiger partial charge in [-0.1, -0.05) is 64.7 Å². The van der Waals surface area contributed by atoms with Crippen LogP contribution in [0.15, 0.2) is 66.7 Å². The zero-order valence-corrected chi connectivity index (χ0v) is 15.0. The second kappa shape index (κ2) is 11.7. The van der Waals surface area contributed by atoms with Gasteiger partial charge in [-0.2, -0.15) is 0 Å². The largest absolute Gasteiger partial charge is 0.455 e. The standard InChI is InChI=1S/C11H9FO2.C11H10O2.3CH4/c1-7-10(6-11(13)14-7)8-2-4-9(12)5-3-8;1-8-10(7-11(12)13-8)9-5-3-2-4-6-9;;;/h2-7H,1H3;2-8H,1H3;3*1H4. The topological polar surface area (TPSA) is 52.6 Å². The van der Waals surface area contributed by atoms with Crippen LogP contribution in [0.1, 0.15) is 47.3 Å². The first-order chi connectivity index (χ1) is 12.9. The Morgan fingerprint density at radius 1 is 0.667 bits per heavy atom. The van der Waals surface area contributed by atoms with E-state index in [9.17, 15) is 14.0 Å². The molecule has 0 N–H and O–H groups in total. The quantitative estimate of drug-likeness (QED) is 0.559. The summed E-state index contributed by atoms with van der Waals surface area (Å²) in [6, 6.07) is 15.8. The number of ether oxygens (including phenoxy) is 2. The van der Waals surface area contributed by atoms with Crippen LogP contribution in [0.25, 0.3) is 11.1 Å². The number of esters is 2. The molecule has 5 heteroatoms. The maximum absolute atomic E-state index is 12.6. The second-order valence-corrected chi connectivity index (χ2v) is 6.23. The van der Waals surface area contributed by atoms with Crippen LogP contribution in [-0.4, -0.2) is 24.1 Å². The highest BCUT2D eigenvalue weighted by molar-refractivity contribution is 5.97. The van der Waals surface area contributed by atoms with Crippen LogP contribution in [0.2, 0.25) is 0 Å². The SMILES string of the molecule is C.C.C.CC1OC(=O)C=C1c1ccc(F)cc1.CC1OC(=O)C=C1c1ccccc1. The van der Waals surface area contributed by atoms with Crippen molar-refractivity contribution in [1.29, 1.82) is 0 Å². The molecule has 2 aromatic carbocycles. The smallest absolute Gasteiger partial charge is 0.331 e. The molecule has 162 valence electrons. The monoisotopic (exact) mass is 414 g/mol. The Hall–Kier alpha value is -3.21. The Morgan fingerprint density at radius 2 is 1.07 bits per heavy atom. The minimum atomic E-state index is -0.336. The first-order valence-electron chi connectivity index (χ1n) is 8.60. The molecule has 2 unspecified atom stereocenters. The fourth-order valence-corrected chi connectivity index (χ4v) is 2.94. The first kappa shape index (κ1) is 26.8. The molecule has 2 aromatic rings. The minimum Gasteiger partial charge on any atom is -0.455 e. The molecular weight excluding hydrogens is 383 g/mol. The lowest BCUT2D eigenvalue weighted by Crippen LogP contribution is -2.05. The summed E-state index contributed by atoms with van der Waals surface area (Å²) in [5, 5.41) is 0. The number of halogens is 1. The third-order valence-corrected chi connectivity index (χ3v) is 4.29. The van der Waals surface area contributed by atoms with Crippen molar-refractivity contribution in [2.45, 2.75) is 48.3 Å². The summed E-state index contributed by atoms with van der Waals surface area (Å²) in [6.45, 7) is 3.67. The van der Waals surface area contributed by atoms with Crippen LogP contribution in [0.4, 0.5) is 4.39 Å². The number of carbonyl (C=O) groups excluding carboxylic acids is 2. The van der Waals surface area contributed by atoms with E-state index in [-0.39, 0.29) is 52.2 Å². The predicted molar refractivity (Wildman–Crippen MR) is 120 cm³/mol. The van der Waals surface area contributed by atoms with Crippen LogP contribution in [0, 0.1) is 5.82 Å². The number of carbonyl (C=O) groups is 2. The molecule has 0 aliphatic carbocycles. The van der Waals surface area contributed by atoms with Gasteiger partial charge in [0.05, 0.1) is 0 Å². The van der Waals surface area contributed by atoms with Crippen LogP contribution in [0.5, 0.6) is 0 Å². The van der Waals surface area contributed by atoms with Crippen molar-refractivity contribution in [3.05, 3.63) is 83.7 Å². The molecule has 2 heterocycles. The van der Waals surface area contributed by atoms with Crippen molar-refractivity contribution in [3.63, 3.8) is 0 Å². The minimum absolute atomic E-state index is 0. The van der Waals surface area contributed by atoms with E-state index in [4.69, 9.17) is 9.47 Å². The molecule has 2 aliphatic rings. The molecule has 0 saturated heterocycles. The van der Waals surface area contributed by atoms with Crippen molar-refractivity contribution in [1.82, 2.24) is 0 Å². The molecule has 30 heavy (non-hydrogen) atoms. The van der Waals surface area contributed by atoms with E-state index in [1.54, 1.807) is 25.1 Å². The Morgan fingerprint density at radius 3 is 1.43 bits per heavy atom. The van der Waals surface area contributed by atoms with E-state index in [1.165, 1.54) is 18.2 Å². The average Bonchev–Trinajstić information content (AvgIpc) is 3.17. The molecule has 0 amide bonds. The van der Waals surface area contributed by atoms with Crippen molar-refractivity contribution in [2.24, 2.45) is 0 Å². The van der Waals surface area contributed by atoms with Gasteiger partial charge in [-0.25, -0.2) is 14.0 Å². The van der Waals surface area contributed by atoms with Crippen molar-refractivity contribution in [2.75, 3.05) is 0 Å². The molecule has 4 rings (SSSR count). The number of benzene rings is 2. The molecule has 0 aromatic heterocycles. The van der Waals surface area contributed by atoms with Gasteiger partial charge in [0.2, 0.25) is 0 Å². The van der Waals surface area contributed by atoms with Crippen LogP contribution < -0.4 is 0 Å². The molecular formula is C25H31FO4. The van der Waals surface area contributed by atoms with Gasteiger partial charge in [0.25, 0.3) is 0 Å². The number of rotatable bonds is 2. The number of hydrogen-bond acceptors (Lipinski definition) is 4. The maximum Gasteiger partial charge on any atom is 0.331 e. The molecule has 0 fully saturated rings. The van der Waals surface area contributed by atoms with Gasteiger partial charge in [0.1, 0.15) is 18.0 Å². The molecule has 0 bridgehead atoms. The Labute approximate surface area is 179 Å². The number of cyclic esters (lactones) is 2. The second-order valence-electron chi connectivity index (χ2n) is 6.23. The van der Waals surface area contributed by atoms with E-state index in [2.05, 4.69) is 0 Å². The Bertz CT molecular complexity index is 899. The third kappa shape index (κ3) is 6.41. The first-order valence-corrected chi connectivity index (χ1v) is 8.60. The summed E-state index contributed by atoms with van der Waals surface area (Å²) in [5.41, 5.74) is 3.64. The number of hydrogen-bond donors (Lipinski definition) is 0. The van der Waals surface area contributed by atoms with Gasteiger partial charge in [-0.05, 0) is 37.1 Å². The lowest BCUT2D eigenvalue weighted by molar-refractivity contribution is -0.138. The van der Waals surface area contributed by atoms with Gasteiger partial charge in [0.15, 0.2) is 0 Å². The summed E-state index contributed by atoms with van der Waals surface area (Å²) in [4.78, 5) is 21.9. The molecule has 0 radical (unpaired) electrons. The van der Waals surface area contributed by atoms with Crippen molar-refractivity contribution >= 4 is 23.1 Å². The lowest BCUT2D eigenvalue weighted by atomic mass is 10.0. The van der Waals surface area contributed by atoms with Gasteiger partial charge in [-0.15, -0.1) is 0 Å². The highest BCUT2D eigenvalue weighted by Gasteiger charge is 2.23. The van der Waals surface area contributed by atoms with Crippen molar-refractivity contribution in [3.8, 4) is 0 Å². The maximum atomic E-state index is 12.6. The van der Waals surface area contributed by atoms with Gasteiger partial charge in [0, 0.05) is 23.3 Å². The highest BCUT2D eigenvalue weighted by Crippen LogP contribution is 2.26. The van der Waals surface area contributed by atoms with Gasteiger partial charge >= 0.3 is 11.9 Å². The van der Waals surface area contributed by atoms with E-state index in [0.29, 0.717) is 0 Å². The molecule has 2 atom stereocenters. The summed E-state index contributed by atoms with van der Waals surface area (Å²) >= 11 is 0. The van der Waals surface area contributed by atoms with E-state index in [1.807, 2.05) is 37.3 Å². The van der Waals surface area contributed by atoms with E-state index >= 15 is 0 Å². The lowest BCUT2D eigenvalue weighted by Gasteiger charge is -2.07. The highest BCUT2D eigenvalue weighted by atomic mass is 19.1. The summed E-state index contributed by atoms with van der Waals surface area (Å²) in [5.74, 6) is -0.865. The molecule has 4 nitrogen and oxygen atoms in total. The van der Waals surface area contributed by atoms with Crippen LogP contribution in [-0.2, 0) is 19.1 Å². The molecule has 0 spiro atoms. The fraction of sp³-hybridized carbons (Fsp3) is 0.280. The zero-order chi connectivity index (χ0) is 19.4. The van der Waals surface area contributed by atoms with Crippen molar-refractivity contribution < 1.29 is 23.5 Å². The summed E-state index contributed by atoms with van der Waals surface area (Å²) < 4.78 is 22.6. The Kier molecular flexibility index (Phi) is 10.5. The predicted octanol–water partition coefficient (Wildman–Crippen LogP) is 6.08. The average molecular weight is 415 g/mol. The van der Waals surface area contributed by atoms with Crippen LogP contribution in [0.3, 0.4) is 0 Å². The zero-order valence-electron chi connectivity index (χ0n) is 15.0. The summed E-state index contributed by atoms with van der Waals surface area (Å²) in [7, 11) is 0.